The van der Waals surface area contributed by atoms with E-state index in [-0.39, 0.29) is 67.4 Å². The molecule has 1 aromatic carbocycles. The Labute approximate surface area is 390 Å². The molecule has 1 aromatic heterocycles. The summed E-state index contributed by atoms with van der Waals surface area (Å²) < 4.78 is 59.1. The normalized spacial score (nSPS) is 29.6. The predicted molar refractivity (Wildman–Crippen MR) is 247 cm³/mol. The Morgan fingerprint density at radius 3 is 2.05 bits per heavy atom. The zero-order valence-corrected chi connectivity index (χ0v) is 40.3. The molecular formula is C49H68Br2O10S. The zero-order valence-electron chi connectivity index (χ0n) is 36.3. The summed E-state index contributed by atoms with van der Waals surface area (Å²) in [5.41, 5.74) is 1.82. The maximum absolute atomic E-state index is 13.1. The molecule has 5 fully saturated rings. The average Bonchev–Trinajstić information content (AvgIpc) is 3.81. The standard InChI is InChI=1S/C49H68Br2O10S/c50-43-32-36(48(51)62-43)24-25-37(58-45-21-9-13-29-54-45)26-27-40-39(41(60-46-22-10-14-30-55-46)33-42(40)61-47-23-11-15-31-56-47)19-7-2-1-6-18-38(34-57-44-20-8-12-28-53-44)59-49(52)35-16-4-3-5-17-35/h2-5,7,16-17,26-27,32,37-42,44-47H,1,6,8-15,18-25,28-31,33-34H2/b7-2-,27-26+/t37-,38?,39+,40+,41-,42+,44?,45?,46?,47?/m0/s1. The number of esters is 1. The second kappa shape index (κ2) is 26.6. The Kier molecular flexibility index (Phi) is 20.8. The molecule has 0 bridgehead atoms. The fourth-order valence-corrected chi connectivity index (χ4v) is 12.1. The SMILES string of the molecule is O=C(OC(CCC/C=C\C[C@@H]1[C@@H](/C=C/[C@H](CCc2cc(Br)sc2Br)OC2CCCCO2)[C@H](OC2CCCCO2)C[C@@H]1OC1CCCCO1)COC1CCCCO1)c1ccccc1. The summed E-state index contributed by atoms with van der Waals surface area (Å²) in [7, 11) is 0. The van der Waals surface area contributed by atoms with Crippen LogP contribution in [0.25, 0.3) is 0 Å². The summed E-state index contributed by atoms with van der Waals surface area (Å²) in [6, 6.07) is 11.4. The average molecular weight is 1010 g/mol. The lowest BCUT2D eigenvalue weighted by atomic mass is 9.89. The first kappa shape index (κ1) is 48.4. The van der Waals surface area contributed by atoms with Crippen LogP contribution in [0.1, 0.15) is 131 Å². The molecule has 5 heterocycles. The molecule has 1 saturated carbocycles. The van der Waals surface area contributed by atoms with Crippen LogP contribution in [0, 0.1) is 11.8 Å². The highest BCUT2D eigenvalue weighted by Crippen LogP contribution is 2.43. The number of ether oxygens (including phenoxy) is 9. The van der Waals surface area contributed by atoms with Gasteiger partial charge in [-0.1, -0.05) is 42.5 Å². The molecule has 10 nitrogen and oxygen atoms in total. The van der Waals surface area contributed by atoms with Crippen LogP contribution >= 0.6 is 43.2 Å². The van der Waals surface area contributed by atoms with Crippen molar-refractivity contribution in [3.63, 3.8) is 0 Å². The van der Waals surface area contributed by atoms with Gasteiger partial charge in [-0.3, -0.25) is 0 Å². The van der Waals surface area contributed by atoms with Gasteiger partial charge in [0.15, 0.2) is 25.2 Å². The molecule has 0 spiro atoms. The van der Waals surface area contributed by atoms with Gasteiger partial charge in [-0.15, -0.1) is 11.3 Å². The number of benzene rings is 1. The van der Waals surface area contributed by atoms with Gasteiger partial charge in [-0.05, 0) is 177 Å². The van der Waals surface area contributed by atoms with Crippen LogP contribution < -0.4 is 0 Å². The van der Waals surface area contributed by atoms with Crippen LogP contribution in [0.15, 0.2) is 68.3 Å². The molecule has 1 aliphatic carbocycles. The van der Waals surface area contributed by atoms with Gasteiger partial charge in [0.05, 0.1) is 38.1 Å². The molecule has 5 aliphatic rings. The van der Waals surface area contributed by atoms with Gasteiger partial charge in [-0.25, -0.2) is 4.79 Å². The van der Waals surface area contributed by atoms with Gasteiger partial charge < -0.3 is 42.6 Å². The number of halogens is 2. The minimum absolute atomic E-state index is 0.0351. The second-order valence-electron chi connectivity index (χ2n) is 17.3. The Hall–Kier alpha value is -1.49. The van der Waals surface area contributed by atoms with Gasteiger partial charge in [0.25, 0.3) is 0 Å². The minimum Gasteiger partial charge on any atom is -0.456 e. The molecule has 13 heteroatoms. The molecule has 5 unspecified atom stereocenters. The molecule has 344 valence electrons. The number of aryl methyl sites for hydroxylation is 1. The Morgan fingerprint density at radius 2 is 1.42 bits per heavy atom. The molecule has 62 heavy (non-hydrogen) atoms. The molecule has 7 rings (SSSR count). The lowest BCUT2D eigenvalue weighted by Crippen LogP contribution is -2.31. The zero-order chi connectivity index (χ0) is 42.8. The van der Waals surface area contributed by atoms with E-state index in [0.29, 0.717) is 25.2 Å². The predicted octanol–water partition coefficient (Wildman–Crippen LogP) is 12.0. The van der Waals surface area contributed by atoms with Crippen LogP contribution in [0.3, 0.4) is 0 Å². The van der Waals surface area contributed by atoms with Crippen molar-refractivity contribution in [3.05, 3.63) is 79.4 Å². The third-order valence-corrected chi connectivity index (χ3v) is 15.1. The molecule has 0 radical (unpaired) electrons. The van der Waals surface area contributed by atoms with E-state index in [1.807, 2.05) is 18.2 Å². The van der Waals surface area contributed by atoms with Crippen molar-refractivity contribution in [2.45, 2.75) is 172 Å². The highest BCUT2D eigenvalue weighted by molar-refractivity contribution is 9.12. The maximum Gasteiger partial charge on any atom is 0.338 e. The van der Waals surface area contributed by atoms with Crippen LogP contribution in [0.2, 0.25) is 0 Å². The fraction of sp³-hybridized carbons (Fsp3) is 0.694. The number of unbranched alkanes of at least 4 members (excludes halogenated alkanes) is 1. The van der Waals surface area contributed by atoms with Crippen LogP contribution in [0.4, 0.5) is 0 Å². The van der Waals surface area contributed by atoms with E-state index in [1.54, 1.807) is 23.5 Å². The number of hydrogen-bond acceptors (Lipinski definition) is 11. The van der Waals surface area contributed by atoms with Gasteiger partial charge >= 0.3 is 5.97 Å². The quantitative estimate of drug-likeness (QED) is 0.0644. The first-order valence-corrected chi connectivity index (χ1v) is 25.9. The summed E-state index contributed by atoms with van der Waals surface area (Å²) >= 11 is 9.14. The minimum atomic E-state index is -0.365. The first-order valence-electron chi connectivity index (χ1n) is 23.5. The Bertz CT molecular complexity index is 1630. The van der Waals surface area contributed by atoms with Gasteiger partial charge in [0, 0.05) is 38.8 Å². The van der Waals surface area contributed by atoms with Gasteiger partial charge in [0.1, 0.15) is 6.10 Å². The molecule has 0 amide bonds. The second-order valence-corrected chi connectivity index (χ2v) is 21.1. The van der Waals surface area contributed by atoms with Crippen LogP contribution in [0.5, 0.6) is 0 Å². The summed E-state index contributed by atoms with van der Waals surface area (Å²) in [6.07, 6.45) is 25.8. The van der Waals surface area contributed by atoms with E-state index >= 15 is 0 Å². The Morgan fingerprint density at radius 1 is 0.774 bits per heavy atom. The van der Waals surface area contributed by atoms with Crippen molar-refractivity contribution >= 4 is 49.2 Å². The highest BCUT2D eigenvalue weighted by atomic mass is 79.9. The van der Waals surface area contributed by atoms with Gasteiger partial charge in [-0.2, -0.15) is 0 Å². The van der Waals surface area contributed by atoms with Crippen molar-refractivity contribution in [1.29, 1.82) is 0 Å². The van der Waals surface area contributed by atoms with E-state index in [2.05, 4.69) is 62.2 Å². The van der Waals surface area contributed by atoms with Crippen LogP contribution in [-0.2, 0) is 49.1 Å². The highest BCUT2D eigenvalue weighted by Gasteiger charge is 2.45. The van der Waals surface area contributed by atoms with E-state index in [1.165, 1.54) is 5.56 Å². The van der Waals surface area contributed by atoms with E-state index in [4.69, 9.17) is 42.6 Å². The third-order valence-electron chi connectivity index (χ3n) is 12.6. The van der Waals surface area contributed by atoms with Crippen molar-refractivity contribution in [2.24, 2.45) is 11.8 Å². The molecule has 0 N–H and O–H groups in total. The lowest BCUT2D eigenvalue weighted by molar-refractivity contribution is -0.203. The topological polar surface area (TPSA) is 100 Å². The van der Waals surface area contributed by atoms with Crippen molar-refractivity contribution in [1.82, 2.24) is 0 Å². The summed E-state index contributed by atoms with van der Waals surface area (Å²) in [5, 5.41) is 0. The summed E-state index contributed by atoms with van der Waals surface area (Å²) in [4.78, 5) is 13.1. The molecule has 4 saturated heterocycles. The van der Waals surface area contributed by atoms with Gasteiger partial charge in [0.2, 0.25) is 0 Å². The summed E-state index contributed by atoms with van der Waals surface area (Å²) in [6.45, 7) is 3.23. The maximum atomic E-state index is 13.1. The van der Waals surface area contributed by atoms with Crippen molar-refractivity contribution in [3.8, 4) is 0 Å². The lowest BCUT2D eigenvalue weighted by Gasteiger charge is -2.30. The number of thiophene rings is 1. The van der Waals surface area contributed by atoms with E-state index in [9.17, 15) is 4.79 Å². The van der Waals surface area contributed by atoms with Crippen molar-refractivity contribution < 1.29 is 47.4 Å². The van der Waals surface area contributed by atoms with E-state index < -0.39 is 0 Å². The molecule has 4 aliphatic heterocycles. The monoisotopic (exact) mass is 1010 g/mol. The summed E-state index contributed by atoms with van der Waals surface area (Å²) in [5.74, 6) is -0.0759. The number of carbonyl (C=O) groups excluding carboxylic acids is 1. The molecular weight excluding hydrogens is 940 g/mol. The number of rotatable bonds is 22. The fourth-order valence-electron chi connectivity index (χ4n) is 9.17. The number of hydrogen-bond donors (Lipinski definition) is 0. The number of allylic oxidation sites excluding steroid dienone is 2. The van der Waals surface area contributed by atoms with E-state index in [0.717, 1.165) is 143 Å². The number of carbonyl (C=O) groups is 1. The first-order chi connectivity index (χ1) is 30.5. The third kappa shape index (κ3) is 15.8. The van der Waals surface area contributed by atoms with Crippen molar-refractivity contribution in [2.75, 3.05) is 33.0 Å². The molecule has 10 atom stereocenters. The smallest absolute Gasteiger partial charge is 0.338 e. The largest absolute Gasteiger partial charge is 0.456 e. The Balaban J connectivity index is 1.04. The molecule has 2 aromatic rings. The van der Waals surface area contributed by atoms with Crippen LogP contribution in [-0.4, -0.2) is 88.6 Å².